The maximum Gasteiger partial charge on any atom is 0.408 e. The number of carbonyl (C=O) groups excluding carboxylic acids is 1. The minimum Gasteiger partial charge on any atom is -0.481 e. The zero-order valence-corrected chi connectivity index (χ0v) is 11.6. The SMILES string of the molecule is C=CCOC(=O)NC(C)(CC(=O)O)c1csc(C)n1. The molecule has 0 fully saturated rings. The molecule has 7 heteroatoms. The summed E-state index contributed by atoms with van der Waals surface area (Å²) in [5.74, 6) is -1.03. The average molecular weight is 284 g/mol. The smallest absolute Gasteiger partial charge is 0.408 e. The summed E-state index contributed by atoms with van der Waals surface area (Å²) < 4.78 is 4.81. The number of hydrogen-bond donors (Lipinski definition) is 2. The van der Waals surface area contributed by atoms with Crippen LogP contribution in [0.3, 0.4) is 0 Å². The molecule has 0 aliphatic carbocycles. The molecule has 0 radical (unpaired) electrons. The van der Waals surface area contributed by atoms with Gasteiger partial charge in [0.25, 0.3) is 0 Å². The maximum absolute atomic E-state index is 11.6. The number of alkyl carbamates (subject to hydrolysis) is 1. The van der Waals surface area contributed by atoms with Crippen molar-refractivity contribution in [2.24, 2.45) is 0 Å². The van der Waals surface area contributed by atoms with Gasteiger partial charge in [0.1, 0.15) is 6.61 Å². The largest absolute Gasteiger partial charge is 0.481 e. The molecule has 2 N–H and O–H groups in total. The van der Waals surface area contributed by atoms with Crippen LogP contribution in [0.15, 0.2) is 18.0 Å². The van der Waals surface area contributed by atoms with Crippen LogP contribution in [0.2, 0.25) is 0 Å². The Hall–Kier alpha value is -1.89. The normalized spacial score (nSPS) is 13.4. The molecule has 0 spiro atoms. The van der Waals surface area contributed by atoms with Crippen molar-refractivity contribution in [2.75, 3.05) is 6.61 Å². The van der Waals surface area contributed by atoms with Gasteiger partial charge >= 0.3 is 12.1 Å². The van der Waals surface area contributed by atoms with Gasteiger partial charge in [-0.3, -0.25) is 4.79 Å². The summed E-state index contributed by atoms with van der Waals surface area (Å²) in [5, 5.41) is 14.0. The Labute approximate surface area is 115 Å². The minimum absolute atomic E-state index is 0.0606. The third-order valence-electron chi connectivity index (χ3n) is 2.40. The van der Waals surface area contributed by atoms with E-state index in [9.17, 15) is 9.59 Å². The van der Waals surface area contributed by atoms with Crippen LogP contribution in [0.4, 0.5) is 4.79 Å². The van der Waals surface area contributed by atoms with Gasteiger partial charge in [0.05, 0.1) is 22.7 Å². The first-order valence-corrected chi connectivity index (χ1v) is 6.45. The molecular formula is C12H16N2O4S. The van der Waals surface area contributed by atoms with E-state index in [-0.39, 0.29) is 13.0 Å². The van der Waals surface area contributed by atoms with Crippen molar-refractivity contribution in [1.82, 2.24) is 10.3 Å². The molecule has 0 saturated heterocycles. The lowest BCUT2D eigenvalue weighted by molar-refractivity contribution is -0.138. The van der Waals surface area contributed by atoms with Crippen LogP contribution in [0.5, 0.6) is 0 Å². The number of nitrogens with one attached hydrogen (secondary N) is 1. The molecule has 19 heavy (non-hydrogen) atoms. The van der Waals surface area contributed by atoms with Gasteiger partial charge in [-0.05, 0) is 13.8 Å². The van der Waals surface area contributed by atoms with E-state index in [1.165, 1.54) is 17.4 Å². The van der Waals surface area contributed by atoms with Crippen LogP contribution < -0.4 is 5.32 Å². The molecule has 1 aromatic heterocycles. The maximum atomic E-state index is 11.6. The molecular weight excluding hydrogens is 268 g/mol. The molecule has 0 saturated carbocycles. The van der Waals surface area contributed by atoms with Gasteiger partial charge in [-0.25, -0.2) is 9.78 Å². The molecule has 6 nitrogen and oxygen atoms in total. The molecule has 1 heterocycles. The van der Waals surface area contributed by atoms with Crippen molar-refractivity contribution in [1.29, 1.82) is 0 Å². The van der Waals surface area contributed by atoms with E-state index < -0.39 is 17.6 Å². The first-order valence-electron chi connectivity index (χ1n) is 5.57. The Morgan fingerprint density at radius 2 is 2.37 bits per heavy atom. The van der Waals surface area contributed by atoms with Crippen molar-refractivity contribution < 1.29 is 19.4 Å². The highest BCUT2D eigenvalue weighted by Crippen LogP contribution is 2.26. The van der Waals surface area contributed by atoms with E-state index in [2.05, 4.69) is 16.9 Å². The summed E-state index contributed by atoms with van der Waals surface area (Å²) in [6, 6.07) is 0. The van der Waals surface area contributed by atoms with E-state index in [4.69, 9.17) is 9.84 Å². The predicted molar refractivity (Wildman–Crippen MR) is 71.1 cm³/mol. The Morgan fingerprint density at radius 1 is 1.68 bits per heavy atom. The highest BCUT2D eigenvalue weighted by molar-refractivity contribution is 7.09. The van der Waals surface area contributed by atoms with Crippen molar-refractivity contribution in [3.63, 3.8) is 0 Å². The lowest BCUT2D eigenvalue weighted by Crippen LogP contribution is -2.45. The lowest BCUT2D eigenvalue weighted by Gasteiger charge is -2.26. The molecule has 1 unspecified atom stereocenters. The molecule has 0 bridgehead atoms. The predicted octanol–water partition coefficient (Wildman–Crippen LogP) is 2.05. The highest BCUT2D eigenvalue weighted by Gasteiger charge is 2.34. The number of ether oxygens (including phenoxy) is 1. The Balaban J connectivity index is 2.90. The fraction of sp³-hybridized carbons (Fsp3) is 0.417. The van der Waals surface area contributed by atoms with Crippen molar-refractivity contribution >= 4 is 23.4 Å². The Bertz CT molecular complexity index is 486. The van der Waals surface area contributed by atoms with Crippen LogP contribution in [-0.4, -0.2) is 28.8 Å². The van der Waals surface area contributed by atoms with E-state index in [1.807, 2.05) is 6.92 Å². The van der Waals surface area contributed by atoms with Crippen LogP contribution in [-0.2, 0) is 15.1 Å². The standard InChI is InChI=1S/C12H16N2O4S/c1-4-5-18-11(17)14-12(3,6-10(15)16)9-7-19-8(2)13-9/h4,7H,1,5-6H2,2-3H3,(H,14,17)(H,15,16). The van der Waals surface area contributed by atoms with Gasteiger partial charge in [0, 0.05) is 5.38 Å². The fourth-order valence-electron chi connectivity index (χ4n) is 1.51. The first-order chi connectivity index (χ1) is 8.87. The van der Waals surface area contributed by atoms with Gasteiger partial charge in [-0.2, -0.15) is 0 Å². The van der Waals surface area contributed by atoms with E-state index in [0.717, 1.165) is 5.01 Å². The number of amides is 1. The van der Waals surface area contributed by atoms with Crippen molar-refractivity contribution in [2.45, 2.75) is 25.8 Å². The monoisotopic (exact) mass is 284 g/mol. The van der Waals surface area contributed by atoms with Crippen LogP contribution in [0.1, 0.15) is 24.0 Å². The quantitative estimate of drug-likeness (QED) is 0.780. The van der Waals surface area contributed by atoms with E-state index in [0.29, 0.717) is 5.69 Å². The second-order valence-electron chi connectivity index (χ2n) is 4.17. The number of thiazole rings is 1. The summed E-state index contributed by atoms with van der Waals surface area (Å²) in [4.78, 5) is 26.8. The minimum atomic E-state index is -1.10. The number of aliphatic carboxylic acids is 1. The van der Waals surface area contributed by atoms with Crippen molar-refractivity contribution in [3.8, 4) is 0 Å². The summed E-state index contributed by atoms with van der Waals surface area (Å²) in [5.41, 5.74) is -0.595. The first kappa shape index (κ1) is 15.2. The Morgan fingerprint density at radius 3 is 2.84 bits per heavy atom. The second-order valence-corrected chi connectivity index (χ2v) is 5.23. The number of rotatable bonds is 6. The molecule has 1 atom stereocenters. The molecule has 104 valence electrons. The average Bonchev–Trinajstić information content (AvgIpc) is 2.72. The molecule has 0 aromatic carbocycles. The van der Waals surface area contributed by atoms with Crippen molar-refractivity contribution in [3.05, 3.63) is 28.7 Å². The topological polar surface area (TPSA) is 88.5 Å². The number of carboxylic acid groups (broad SMARTS) is 1. The number of nitrogens with zero attached hydrogens (tertiary/aromatic N) is 1. The highest BCUT2D eigenvalue weighted by atomic mass is 32.1. The second kappa shape index (κ2) is 6.33. The number of hydrogen-bond acceptors (Lipinski definition) is 5. The molecule has 1 aromatic rings. The van der Waals surface area contributed by atoms with Gasteiger partial charge < -0.3 is 15.2 Å². The fourth-order valence-corrected chi connectivity index (χ4v) is 2.26. The molecule has 1 rings (SSSR count). The van der Waals surface area contributed by atoms with Gasteiger partial charge in [-0.1, -0.05) is 12.7 Å². The van der Waals surface area contributed by atoms with Gasteiger partial charge in [0.2, 0.25) is 0 Å². The van der Waals surface area contributed by atoms with Gasteiger partial charge in [-0.15, -0.1) is 11.3 Å². The molecule has 0 aliphatic rings. The lowest BCUT2D eigenvalue weighted by atomic mass is 9.94. The van der Waals surface area contributed by atoms with Crippen LogP contribution >= 0.6 is 11.3 Å². The van der Waals surface area contributed by atoms with Crippen LogP contribution in [0, 0.1) is 6.92 Å². The summed E-state index contributed by atoms with van der Waals surface area (Å²) in [7, 11) is 0. The number of aromatic nitrogens is 1. The number of aryl methyl sites for hydroxylation is 1. The zero-order valence-electron chi connectivity index (χ0n) is 10.8. The number of carboxylic acids is 1. The Kier molecular flexibility index (Phi) is 5.05. The third-order valence-corrected chi connectivity index (χ3v) is 3.17. The van der Waals surface area contributed by atoms with Crippen LogP contribution in [0.25, 0.3) is 0 Å². The molecule has 0 aliphatic heterocycles. The molecule has 1 amide bonds. The number of carbonyl (C=O) groups is 2. The van der Waals surface area contributed by atoms with E-state index in [1.54, 1.807) is 12.3 Å². The zero-order chi connectivity index (χ0) is 14.5. The third kappa shape index (κ3) is 4.36. The van der Waals surface area contributed by atoms with E-state index >= 15 is 0 Å². The summed E-state index contributed by atoms with van der Waals surface area (Å²) >= 11 is 1.39. The summed E-state index contributed by atoms with van der Waals surface area (Å²) in [6.07, 6.45) is 0.454. The van der Waals surface area contributed by atoms with Gasteiger partial charge in [0.15, 0.2) is 0 Å². The summed E-state index contributed by atoms with van der Waals surface area (Å²) in [6.45, 7) is 6.90.